The Morgan fingerprint density at radius 3 is 2.32 bits per heavy atom. The van der Waals surface area contributed by atoms with Gasteiger partial charge >= 0.3 is 11.9 Å². The molecule has 0 saturated heterocycles. The molecule has 0 saturated carbocycles. The summed E-state index contributed by atoms with van der Waals surface area (Å²) in [6, 6.07) is 28.2. The molecular formula is C31H27N3O4. The van der Waals surface area contributed by atoms with Crippen LogP contribution in [0, 0.1) is 5.41 Å². The Morgan fingerprint density at radius 1 is 0.895 bits per heavy atom. The minimum atomic E-state index is -1.12. The smallest absolute Gasteiger partial charge is 0.337 e. The van der Waals surface area contributed by atoms with Gasteiger partial charge in [0, 0.05) is 17.2 Å². The molecule has 7 nitrogen and oxygen atoms in total. The van der Waals surface area contributed by atoms with Crippen LogP contribution in [0.3, 0.4) is 0 Å². The van der Waals surface area contributed by atoms with Gasteiger partial charge in [0.15, 0.2) is 0 Å². The molecule has 1 aliphatic heterocycles. The summed E-state index contributed by atoms with van der Waals surface area (Å²) in [6.07, 6.45) is 0.706. The molecule has 0 fully saturated rings. The van der Waals surface area contributed by atoms with Gasteiger partial charge in [0.2, 0.25) is 0 Å². The van der Waals surface area contributed by atoms with E-state index in [-0.39, 0.29) is 28.9 Å². The first kappa shape index (κ1) is 24.8. The fourth-order valence-electron chi connectivity index (χ4n) is 5.21. The van der Waals surface area contributed by atoms with E-state index in [0.29, 0.717) is 17.5 Å². The average molecular weight is 506 g/mol. The molecule has 2 atom stereocenters. The third-order valence-electron chi connectivity index (χ3n) is 7.04. The Hall–Kier alpha value is -4.91. The minimum absolute atomic E-state index is 0.0173. The molecule has 38 heavy (non-hydrogen) atoms. The van der Waals surface area contributed by atoms with Gasteiger partial charge in [-0.05, 0) is 64.6 Å². The maximum absolute atomic E-state index is 12.2. The highest BCUT2D eigenvalue weighted by molar-refractivity contribution is 6.00. The number of carboxylic acid groups (broad SMARTS) is 1. The number of anilines is 1. The van der Waals surface area contributed by atoms with E-state index in [4.69, 9.17) is 15.9 Å². The van der Waals surface area contributed by atoms with Gasteiger partial charge in [-0.2, -0.15) is 0 Å². The lowest BCUT2D eigenvalue weighted by Gasteiger charge is -2.35. The lowest BCUT2D eigenvalue weighted by molar-refractivity contribution is 0.0600. The molecule has 0 bridgehead atoms. The number of aromatic carboxylic acids is 1. The first-order valence-electron chi connectivity index (χ1n) is 12.2. The number of hydrogen-bond donors (Lipinski definition) is 4. The second-order valence-corrected chi connectivity index (χ2v) is 9.26. The number of rotatable bonds is 6. The van der Waals surface area contributed by atoms with Crippen molar-refractivity contribution >= 4 is 23.5 Å². The Balaban J connectivity index is 1.63. The average Bonchev–Trinajstić information content (AvgIpc) is 2.95. The van der Waals surface area contributed by atoms with Crippen LogP contribution in [0.1, 0.15) is 61.4 Å². The van der Waals surface area contributed by atoms with Gasteiger partial charge in [-0.15, -0.1) is 0 Å². The number of ether oxygens (including phenoxy) is 1. The van der Waals surface area contributed by atoms with Crippen molar-refractivity contribution in [2.24, 2.45) is 5.73 Å². The van der Waals surface area contributed by atoms with E-state index in [1.807, 2.05) is 60.7 Å². The molecule has 5 rings (SSSR count). The molecule has 1 aliphatic rings. The Morgan fingerprint density at radius 2 is 1.61 bits per heavy atom. The quantitative estimate of drug-likeness (QED) is 0.149. The normalized spacial score (nSPS) is 16.1. The van der Waals surface area contributed by atoms with Crippen molar-refractivity contribution in [1.82, 2.24) is 0 Å². The van der Waals surface area contributed by atoms with Crippen molar-refractivity contribution in [3.8, 4) is 11.1 Å². The predicted molar refractivity (Wildman–Crippen MR) is 147 cm³/mol. The van der Waals surface area contributed by atoms with Crippen molar-refractivity contribution in [3.63, 3.8) is 0 Å². The second-order valence-electron chi connectivity index (χ2n) is 9.26. The van der Waals surface area contributed by atoms with Crippen molar-refractivity contribution in [2.45, 2.75) is 18.4 Å². The highest BCUT2D eigenvalue weighted by atomic mass is 16.5. The zero-order valence-corrected chi connectivity index (χ0v) is 20.8. The van der Waals surface area contributed by atoms with E-state index in [1.165, 1.54) is 13.2 Å². The molecule has 190 valence electrons. The third kappa shape index (κ3) is 4.62. The zero-order valence-electron chi connectivity index (χ0n) is 20.8. The predicted octanol–water partition coefficient (Wildman–Crippen LogP) is 5.81. The number of amidine groups is 1. The van der Waals surface area contributed by atoms with Crippen molar-refractivity contribution in [2.75, 3.05) is 12.4 Å². The number of fused-ring (bicyclic) bond motifs is 1. The molecule has 0 aromatic heterocycles. The number of carbonyl (C=O) groups is 2. The van der Waals surface area contributed by atoms with Gasteiger partial charge in [-0.3, -0.25) is 5.41 Å². The van der Waals surface area contributed by atoms with E-state index in [2.05, 4.69) is 17.4 Å². The van der Waals surface area contributed by atoms with Gasteiger partial charge in [0.05, 0.1) is 24.3 Å². The van der Waals surface area contributed by atoms with Crippen LogP contribution in [-0.4, -0.2) is 30.0 Å². The molecule has 0 aliphatic carbocycles. The molecule has 0 amide bonds. The molecule has 0 radical (unpaired) electrons. The molecule has 0 spiro atoms. The first-order valence-corrected chi connectivity index (χ1v) is 12.2. The monoisotopic (exact) mass is 505 g/mol. The number of carbonyl (C=O) groups excluding carboxylic acids is 1. The number of esters is 1. The fraction of sp³-hybridized carbons (Fsp3) is 0.129. The van der Waals surface area contributed by atoms with Crippen LogP contribution in [0.2, 0.25) is 0 Å². The van der Waals surface area contributed by atoms with Crippen LogP contribution < -0.4 is 11.1 Å². The van der Waals surface area contributed by atoms with Gasteiger partial charge < -0.3 is 20.9 Å². The SMILES string of the molecule is COC(=O)c1ccc(-c2ccccc2C2CC(c3ccccc3)c3cc(C(=N)N)ccc3N2)c(C(=O)O)c1. The summed E-state index contributed by atoms with van der Waals surface area (Å²) in [4.78, 5) is 24.3. The molecular weight excluding hydrogens is 478 g/mol. The number of hydrogen-bond acceptors (Lipinski definition) is 5. The van der Waals surface area contributed by atoms with Crippen molar-refractivity contribution in [1.29, 1.82) is 5.41 Å². The summed E-state index contributed by atoms with van der Waals surface area (Å²) in [7, 11) is 1.26. The highest BCUT2D eigenvalue weighted by Gasteiger charge is 2.31. The zero-order chi connectivity index (χ0) is 26.8. The number of nitrogens with two attached hydrogens (primary N) is 1. The van der Waals surface area contributed by atoms with Crippen LogP contribution >= 0.6 is 0 Å². The van der Waals surface area contributed by atoms with Gasteiger partial charge in [0.1, 0.15) is 5.84 Å². The second kappa shape index (κ2) is 10.2. The summed E-state index contributed by atoms with van der Waals surface area (Å²) in [5.74, 6) is -1.66. The maximum atomic E-state index is 12.2. The Bertz CT molecular complexity index is 1550. The lowest BCUT2D eigenvalue weighted by Crippen LogP contribution is -2.24. The molecule has 2 unspecified atom stereocenters. The summed E-state index contributed by atoms with van der Waals surface area (Å²) < 4.78 is 4.78. The van der Waals surface area contributed by atoms with E-state index >= 15 is 0 Å². The van der Waals surface area contributed by atoms with Crippen LogP contribution in [0.5, 0.6) is 0 Å². The van der Waals surface area contributed by atoms with Crippen LogP contribution in [0.4, 0.5) is 5.69 Å². The van der Waals surface area contributed by atoms with E-state index in [9.17, 15) is 14.7 Å². The van der Waals surface area contributed by atoms with Crippen molar-refractivity contribution in [3.05, 3.63) is 124 Å². The Kier molecular flexibility index (Phi) is 6.66. The van der Waals surface area contributed by atoms with Gasteiger partial charge in [-0.25, -0.2) is 9.59 Å². The summed E-state index contributed by atoms with van der Waals surface area (Å²) in [5.41, 5.74) is 12.1. The summed E-state index contributed by atoms with van der Waals surface area (Å²) in [5, 5.41) is 21.6. The summed E-state index contributed by atoms with van der Waals surface area (Å²) in [6.45, 7) is 0. The number of benzene rings is 4. The molecule has 4 aromatic carbocycles. The Labute approximate surface area is 220 Å². The van der Waals surface area contributed by atoms with E-state index in [0.717, 1.165) is 27.9 Å². The first-order chi connectivity index (χ1) is 18.4. The largest absolute Gasteiger partial charge is 0.478 e. The molecule has 1 heterocycles. The van der Waals surface area contributed by atoms with Crippen LogP contribution in [0.15, 0.2) is 91.0 Å². The fourth-order valence-corrected chi connectivity index (χ4v) is 5.21. The van der Waals surface area contributed by atoms with E-state index in [1.54, 1.807) is 12.1 Å². The minimum Gasteiger partial charge on any atom is -0.478 e. The summed E-state index contributed by atoms with van der Waals surface area (Å²) >= 11 is 0. The number of methoxy groups -OCH3 is 1. The van der Waals surface area contributed by atoms with Crippen LogP contribution in [0.25, 0.3) is 11.1 Å². The topological polar surface area (TPSA) is 126 Å². The van der Waals surface area contributed by atoms with E-state index < -0.39 is 11.9 Å². The molecule has 5 N–H and O–H groups in total. The number of nitrogen functional groups attached to an aromatic ring is 1. The highest BCUT2D eigenvalue weighted by Crippen LogP contribution is 2.46. The number of nitrogens with one attached hydrogen (secondary N) is 2. The molecule has 4 aromatic rings. The number of carboxylic acids is 1. The lowest BCUT2D eigenvalue weighted by atomic mass is 9.78. The standard InChI is InChI=1S/C31H27N3O4/c1-38-31(37)20-11-13-22(26(16-20)30(35)36)21-9-5-6-10-23(21)28-17-24(18-7-3-2-4-8-18)25-15-19(29(32)33)12-14-27(25)34-28/h2-16,24,28,34H,17H2,1H3,(H3,32,33)(H,35,36). The van der Waals surface area contributed by atoms with Gasteiger partial charge in [0.25, 0.3) is 0 Å². The van der Waals surface area contributed by atoms with Crippen LogP contribution in [-0.2, 0) is 4.74 Å². The van der Waals surface area contributed by atoms with Crippen molar-refractivity contribution < 1.29 is 19.4 Å². The molecule has 7 heteroatoms. The maximum Gasteiger partial charge on any atom is 0.337 e. The van der Waals surface area contributed by atoms with Gasteiger partial charge in [-0.1, -0.05) is 60.7 Å². The third-order valence-corrected chi connectivity index (χ3v) is 7.04.